The Morgan fingerprint density at radius 3 is 2.76 bits per heavy atom. The Bertz CT molecular complexity index is 255. The molecule has 0 spiro atoms. The van der Waals surface area contributed by atoms with Gasteiger partial charge in [0, 0.05) is 18.1 Å². The van der Waals surface area contributed by atoms with Gasteiger partial charge in [-0.25, -0.2) is 0 Å². The number of nitrogens with two attached hydrogens (primary N) is 1. The lowest BCUT2D eigenvalue weighted by Crippen LogP contribution is -2.60. The van der Waals surface area contributed by atoms with Crippen molar-refractivity contribution in [3.05, 3.63) is 0 Å². The second kappa shape index (κ2) is 5.25. The van der Waals surface area contributed by atoms with Gasteiger partial charge >= 0.3 is 0 Å². The summed E-state index contributed by atoms with van der Waals surface area (Å²) < 4.78 is 5.63. The Balaban J connectivity index is 2.11. The zero-order chi connectivity index (χ0) is 12.5. The van der Waals surface area contributed by atoms with E-state index in [0.29, 0.717) is 12.0 Å². The summed E-state index contributed by atoms with van der Waals surface area (Å²) in [4.78, 5) is 2.67. The second-order valence-electron chi connectivity index (χ2n) is 6.54. The third kappa shape index (κ3) is 2.83. The van der Waals surface area contributed by atoms with E-state index in [1.54, 1.807) is 0 Å². The Morgan fingerprint density at radius 1 is 1.35 bits per heavy atom. The summed E-state index contributed by atoms with van der Waals surface area (Å²) in [6.45, 7) is 10.6. The van der Waals surface area contributed by atoms with Gasteiger partial charge in [-0.3, -0.25) is 4.90 Å². The van der Waals surface area contributed by atoms with Crippen molar-refractivity contribution in [2.45, 2.75) is 51.6 Å². The lowest BCUT2D eigenvalue weighted by atomic mass is 9.76. The molecule has 1 saturated heterocycles. The van der Waals surface area contributed by atoms with E-state index in [2.05, 4.69) is 25.7 Å². The topological polar surface area (TPSA) is 38.5 Å². The van der Waals surface area contributed by atoms with Crippen molar-refractivity contribution in [1.82, 2.24) is 4.90 Å². The van der Waals surface area contributed by atoms with Crippen LogP contribution < -0.4 is 5.73 Å². The predicted molar refractivity (Wildman–Crippen MR) is 71.0 cm³/mol. The molecule has 0 aromatic carbocycles. The molecule has 0 bridgehead atoms. The van der Waals surface area contributed by atoms with Crippen molar-refractivity contribution < 1.29 is 4.74 Å². The molecule has 1 saturated carbocycles. The fraction of sp³-hybridized carbons (Fsp3) is 1.00. The first-order valence-corrected chi connectivity index (χ1v) is 7.09. The fourth-order valence-corrected chi connectivity index (χ4v) is 3.56. The third-order valence-corrected chi connectivity index (χ3v) is 4.63. The average Bonchev–Trinajstić information content (AvgIpc) is 2.28. The number of ether oxygens (including phenoxy) is 1. The Labute approximate surface area is 106 Å². The van der Waals surface area contributed by atoms with Crippen LogP contribution in [-0.2, 0) is 4.74 Å². The molecule has 3 unspecified atom stereocenters. The van der Waals surface area contributed by atoms with Crippen LogP contribution in [0.15, 0.2) is 0 Å². The van der Waals surface area contributed by atoms with Crippen molar-refractivity contribution in [3.8, 4) is 0 Å². The van der Waals surface area contributed by atoms with Gasteiger partial charge in [0.15, 0.2) is 0 Å². The molecule has 0 aromatic rings. The number of rotatable bonds is 2. The fourth-order valence-electron chi connectivity index (χ4n) is 3.56. The molecular formula is C14H28N2O. The van der Waals surface area contributed by atoms with E-state index in [4.69, 9.17) is 10.5 Å². The molecule has 2 rings (SSSR count). The highest BCUT2D eigenvalue weighted by atomic mass is 16.5. The van der Waals surface area contributed by atoms with E-state index < -0.39 is 0 Å². The number of morpholine rings is 1. The summed E-state index contributed by atoms with van der Waals surface area (Å²) in [7, 11) is 0. The monoisotopic (exact) mass is 240 g/mol. The van der Waals surface area contributed by atoms with Crippen LogP contribution in [0, 0.1) is 11.8 Å². The van der Waals surface area contributed by atoms with Crippen molar-refractivity contribution >= 4 is 0 Å². The van der Waals surface area contributed by atoms with E-state index >= 15 is 0 Å². The molecule has 3 nitrogen and oxygen atoms in total. The first-order valence-electron chi connectivity index (χ1n) is 7.09. The molecule has 17 heavy (non-hydrogen) atoms. The molecular weight excluding hydrogens is 212 g/mol. The summed E-state index contributed by atoms with van der Waals surface area (Å²) >= 11 is 0. The molecule has 0 amide bonds. The van der Waals surface area contributed by atoms with Gasteiger partial charge in [-0.05, 0) is 45.1 Å². The van der Waals surface area contributed by atoms with E-state index in [9.17, 15) is 0 Å². The van der Waals surface area contributed by atoms with Gasteiger partial charge in [0.1, 0.15) is 0 Å². The van der Waals surface area contributed by atoms with Crippen LogP contribution in [0.5, 0.6) is 0 Å². The van der Waals surface area contributed by atoms with Crippen LogP contribution in [0.25, 0.3) is 0 Å². The molecule has 1 aliphatic heterocycles. The van der Waals surface area contributed by atoms with Gasteiger partial charge < -0.3 is 10.5 Å². The largest absolute Gasteiger partial charge is 0.378 e. The molecule has 100 valence electrons. The quantitative estimate of drug-likeness (QED) is 0.800. The molecule has 0 radical (unpaired) electrons. The van der Waals surface area contributed by atoms with Gasteiger partial charge in [0.2, 0.25) is 0 Å². The van der Waals surface area contributed by atoms with Gasteiger partial charge in [-0.15, -0.1) is 0 Å². The van der Waals surface area contributed by atoms with E-state index in [1.807, 2.05) is 0 Å². The molecule has 2 N–H and O–H groups in total. The summed E-state index contributed by atoms with van der Waals surface area (Å²) in [6.07, 6.45) is 3.96. The lowest BCUT2D eigenvalue weighted by molar-refractivity contribution is -0.0926. The standard InChI is InChI=1S/C14H28N2O/c1-11-4-5-12(9-15)13(8-11)16-6-7-17-10-14(16,2)3/h11-13H,4-10,15H2,1-3H3. The van der Waals surface area contributed by atoms with Crippen molar-refractivity contribution in [3.63, 3.8) is 0 Å². The minimum Gasteiger partial charge on any atom is -0.378 e. The lowest BCUT2D eigenvalue weighted by Gasteiger charge is -2.51. The van der Waals surface area contributed by atoms with Crippen LogP contribution in [0.1, 0.15) is 40.0 Å². The van der Waals surface area contributed by atoms with Gasteiger partial charge in [-0.1, -0.05) is 13.3 Å². The van der Waals surface area contributed by atoms with E-state index in [0.717, 1.165) is 32.2 Å². The zero-order valence-electron chi connectivity index (χ0n) is 11.6. The zero-order valence-corrected chi connectivity index (χ0v) is 11.6. The van der Waals surface area contributed by atoms with Crippen LogP contribution in [0.4, 0.5) is 0 Å². The minimum atomic E-state index is 0.174. The minimum absolute atomic E-state index is 0.174. The maximum atomic E-state index is 5.98. The summed E-state index contributed by atoms with van der Waals surface area (Å²) in [5.41, 5.74) is 6.15. The Morgan fingerprint density at radius 2 is 2.12 bits per heavy atom. The van der Waals surface area contributed by atoms with Gasteiger partial charge in [0.05, 0.1) is 13.2 Å². The Hall–Kier alpha value is -0.120. The van der Waals surface area contributed by atoms with Crippen LogP contribution in [0.3, 0.4) is 0 Å². The van der Waals surface area contributed by atoms with Gasteiger partial charge in [0.25, 0.3) is 0 Å². The molecule has 0 aromatic heterocycles. The molecule has 3 heteroatoms. The van der Waals surface area contributed by atoms with Crippen molar-refractivity contribution in [2.24, 2.45) is 17.6 Å². The van der Waals surface area contributed by atoms with Crippen molar-refractivity contribution in [2.75, 3.05) is 26.3 Å². The highest BCUT2D eigenvalue weighted by Crippen LogP contribution is 2.35. The number of hydrogen-bond donors (Lipinski definition) is 1. The summed E-state index contributed by atoms with van der Waals surface area (Å²) in [5.74, 6) is 1.53. The SMILES string of the molecule is CC1CCC(CN)C(N2CCOCC2(C)C)C1. The maximum absolute atomic E-state index is 5.98. The third-order valence-electron chi connectivity index (χ3n) is 4.63. The Kier molecular flexibility index (Phi) is 4.11. The molecule has 1 aliphatic carbocycles. The summed E-state index contributed by atoms with van der Waals surface area (Å²) in [6, 6.07) is 0.669. The molecule has 1 heterocycles. The van der Waals surface area contributed by atoms with Crippen LogP contribution in [0.2, 0.25) is 0 Å². The number of nitrogens with zero attached hydrogens (tertiary/aromatic N) is 1. The highest BCUT2D eigenvalue weighted by Gasteiger charge is 2.40. The van der Waals surface area contributed by atoms with Crippen LogP contribution >= 0.6 is 0 Å². The smallest absolute Gasteiger partial charge is 0.0645 e. The molecule has 3 atom stereocenters. The summed E-state index contributed by atoms with van der Waals surface area (Å²) in [5, 5.41) is 0. The average molecular weight is 240 g/mol. The first kappa shape index (κ1) is 13.3. The second-order valence-corrected chi connectivity index (χ2v) is 6.54. The van der Waals surface area contributed by atoms with E-state index in [1.165, 1.54) is 19.3 Å². The molecule has 2 aliphatic rings. The van der Waals surface area contributed by atoms with Gasteiger partial charge in [-0.2, -0.15) is 0 Å². The molecule has 2 fully saturated rings. The normalized spacial score (nSPS) is 39.2. The maximum Gasteiger partial charge on any atom is 0.0645 e. The van der Waals surface area contributed by atoms with Crippen LogP contribution in [-0.4, -0.2) is 42.8 Å². The van der Waals surface area contributed by atoms with Crippen molar-refractivity contribution in [1.29, 1.82) is 0 Å². The number of hydrogen-bond acceptors (Lipinski definition) is 3. The predicted octanol–water partition coefficient (Wildman–Crippen LogP) is 1.86. The van der Waals surface area contributed by atoms with E-state index in [-0.39, 0.29) is 5.54 Å². The highest BCUT2D eigenvalue weighted by molar-refractivity contribution is 4.94. The first-order chi connectivity index (χ1) is 8.04.